The first-order chi connectivity index (χ1) is 7.51. The molecule has 0 saturated carbocycles. The van der Waals surface area contributed by atoms with Crippen LogP contribution >= 0.6 is 0 Å². The van der Waals surface area contributed by atoms with Crippen LogP contribution in [-0.4, -0.2) is 23.1 Å². The number of ether oxygens (including phenoxy) is 1. The number of hydrogen-bond donors (Lipinski definition) is 1. The van der Waals surface area contributed by atoms with Gasteiger partial charge in [0.2, 0.25) is 5.88 Å². The van der Waals surface area contributed by atoms with Crippen LogP contribution in [0.25, 0.3) is 0 Å². The molecule has 0 atom stereocenters. The standard InChI is InChI=1S/C12H21N3O/c1-5-13-10-8-11(15-9-14-10)16-7-6-12(2,3)4/h8-9H,5-7H2,1-4H3,(H,13,14,15). The highest BCUT2D eigenvalue weighted by Crippen LogP contribution is 2.19. The summed E-state index contributed by atoms with van der Waals surface area (Å²) in [6.45, 7) is 10.1. The lowest BCUT2D eigenvalue weighted by Gasteiger charge is -2.17. The molecular weight excluding hydrogens is 202 g/mol. The lowest BCUT2D eigenvalue weighted by Crippen LogP contribution is -2.11. The van der Waals surface area contributed by atoms with Crippen LogP contribution in [0.1, 0.15) is 34.1 Å². The summed E-state index contributed by atoms with van der Waals surface area (Å²) in [7, 11) is 0. The average Bonchev–Trinajstić information content (AvgIpc) is 2.17. The minimum atomic E-state index is 0.289. The van der Waals surface area contributed by atoms with E-state index in [-0.39, 0.29) is 5.41 Å². The van der Waals surface area contributed by atoms with Gasteiger partial charge in [-0.1, -0.05) is 20.8 Å². The van der Waals surface area contributed by atoms with Crippen molar-refractivity contribution in [3.8, 4) is 5.88 Å². The Morgan fingerprint density at radius 1 is 1.31 bits per heavy atom. The molecule has 0 radical (unpaired) electrons. The second-order valence-corrected chi connectivity index (χ2v) is 4.93. The van der Waals surface area contributed by atoms with E-state index in [0.717, 1.165) is 18.8 Å². The molecule has 0 unspecified atom stereocenters. The van der Waals surface area contributed by atoms with Crippen molar-refractivity contribution in [2.75, 3.05) is 18.5 Å². The molecule has 16 heavy (non-hydrogen) atoms. The molecule has 0 fully saturated rings. The zero-order valence-corrected chi connectivity index (χ0v) is 10.6. The van der Waals surface area contributed by atoms with Crippen LogP contribution in [-0.2, 0) is 0 Å². The van der Waals surface area contributed by atoms with Crippen molar-refractivity contribution < 1.29 is 4.74 Å². The van der Waals surface area contributed by atoms with E-state index in [1.807, 2.05) is 13.0 Å². The fourth-order valence-electron chi connectivity index (χ4n) is 1.16. The van der Waals surface area contributed by atoms with Gasteiger partial charge in [-0.25, -0.2) is 9.97 Å². The van der Waals surface area contributed by atoms with Crippen molar-refractivity contribution in [3.05, 3.63) is 12.4 Å². The Morgan fingerprint density at radius 2 is 2.06 bits per heavy atom. The Balaban J connectivity index is 2.44. The molecule has 1 N–H and O–H groups in total. The molecule has 0 aromatic carbocycles. The zero-order valence-electron chi connectivity index (χ0n) is 10.6. The molecule has 1 heterocycles. The Hall–Kier alpha value is -1.32. The minimum absolute atomic E-state index is 0.289. The van der Waals surface area contributed by atoms with E-state index >= 15 is 0 Å². The van der Waals surface area contributed by atoms with Gasteiger partial charge in [0.05, 0.1) is 6.61 Å². The summed E-state index contributed by atoms with van der Waals surface area (Å²) in [4.78, 5) is 8.15. The van der Waals surface area contributed by atoms with Gasteiger partial charge in [-0.3, -0.25) is 0 Å². The fraction of sp³-hybridized carbons (Fsp3) is 0.667. The predicted molar refractivity (Wildman–Crippen MR) is 65.8 cm³/mol. The molecule has 0 saturated heterocycles. The minimum Gasteiger partial charge on any atom is -0.478 e. The Labute approximate surface area is 97.5 Å². The van der Waals surface area contributed by atoms with E-state index in [1.165, 1.54) is 6.33 Å². The third-order valence-corrected chi connectivity index (χ3v) is 2.10. The van der Waals surface area contributed by atoms with Crippen LogP contribution < -0.4 is 10.1 Å². The zero-order chi connectivity index (χ0) is 12.0. The summed E-state index contributed by atoms with van der Waals surface area (Å²) in [5.74, 6) is 1.44. The molecule has 4 heteroatoms. The number of rotatable bonds is 5. The third kappa shape index (κ3) is 4.96. The molecular formula is C12H21N3O. The van der Waals surface area contributed by atoms with Crippen LogP contribution in [0.4, 0.5) is 5.82 Å². The Morgan fingerprint density at radius 3 is 2.69 bits per heavy atom. The van der Waals surface area contributed by atoms with Gasteiger partial charge in [0.25, 0.3) is 0 Å². The molecule has 4 nitrogen and oxygen atoms in total. The van der Waals surface area contributed by atoms with E-state index in [9.17, 15) is 0 Å². The van der Waals surface area contributed by atoms with Crippen molar-refractivity contribution in [2.45, 2.75) is 34.1 Å². The summed E-state index contributed by atoms with van der Waals surface area (Å²) >= 11 is 0. The van der Waals surface area contributed by atoms with E-state index in [1.54, 1.807) is 0 Å². The quantitative estimate of drug-likeness (QED) is 0.833. The van der Waals surface area contributed by atoms with Gasteiger partial charge in [0.1, 0.15) is 12.1 Å². The van der Waals surface area contributed by atoms with E-state index < -0.39 is 0 Å². The van der Waals surface area contributed by atoms with Crippen molar-refractivity contribution in [1.82, 2.24) is 9.97 Å². The van der Waals surface area contributed by atoms with Crippen molar-refractivity contribution in [3.63, 3.8) is 0 Å². The predicted octanol–water partition coefficient (Wildman–Crippen LogP) is 2.72. The maximum Gasteiger partial charge on any atom is 0.218 e. The van der Waals surface area contributed by atoms with Gasteiger partial charge in [-0.05, 0) is 18.8 Å². The summed E-state index contributed by atoms with van der Waals surface area (Å²) in [6, 6.07) is 1.83. The molecule has 1 aromatic heterocycles. The summed E-state index contributed by atoms with van der Waals surface area (Å²) in [5.41, 5.74) is 0.289. The molecule has 0 aliphatic carbocycles. The van der Waals surface area contributed by atoms with Crippen molar-refractivity contribution in [2.24, 2.45) is 5.41 Å². The van der Waals surface area contributed by atoms with Crippen LogP contribution in [0.3, 0.4) is 0 Å². The van der Waals surface area contributed by atoms with Crippen molar-refractivity contribution >= 4 is 5.82 Å². The van der Waals surface area contributed by atoms with Crippen molar-refractivity contribution in [1.29, 1.82) is 0 Å². The SMILES string of the molecule is CCNc1cc(OCCC(C)(C)C)ncn1. The maximum absolute atomic E-state index is 5.58. The molecule has 90 valence electrons. The van der Waals surface area contributed by atoms with E-state index in [0.29, 0.717) is 12.5 Å². The van der Waals surface area contributed by atoms with Gasteiger partial charge in [-0.2, -0.15) is 0 Å². The van der Waals surface area contributed by atoms with E-state index in [4.69, 9.17) is 4.74 Å². The number of nitrogens with zero attached hydrogens (tertiary/aromatic N) is 2. The summed E-state index contributed by atoms with van der Waals surface area (Å²) < 4.78 is 5.58. The lowest BCUT2D eigenvalue weighted by atomic mass is 9.93. The summed E-state index contributed by atoms with van der Waals surface area (Å²) in [5, 5.41) is 3.12. The topological polar surface area (TPSA) is 47.0 Å². The number of anilines is 1. The Kier molecular flexibility index (Phi) is 4.52. The number of nitrogens with one attached hydrogen (secondary N) is 1. The fourth-order valence-corrected chi connectivity index (χ4v) is 1.16. The Bertz CT molecular complexity index is 320. The molecule has 0 amide bonds. The molecule has 0 bridgehead atoms. The largest absolute Gasteiger partial charge is 0.478 e. The van der Waals surface area contributed by atoms with Gasteiger partial charge >= 0.3 is 0 Å². The highest BCUT2D eigenvalue weighted by atomic mass is 16.5. The first-order valence-electron chi connectivity index (χ1n) is 5.70. The molecule has 0 spiro atoms. The van der Waals surface area contributed by atoms with Crippen LogP contribution in [0, 0.1) is 5.41 Å². The molecule has 0 aliphatic rings. The monoisotopic (exact) mass is 223 g/mol. The number of aromatic nitrogens is 2. The van der Waals surface area contributed by atoms with Crippen LogP contribution in [0.15, 0.2) is 12.4 Å². The normalized spacial score (nSPS) is 11.2. The second-order valence-electron chi connectivity index (χ2n) is 4.93. The van der Waals surface area contributed by atoms with Gasteiger partial charge in [0.15, 0.2) is 0 Å². The summed E-state index contributed by atoms with van der Waals surface area (Å²) in [6.07, 6.45) is 2.53. The van der Waals surface area contributed by atoms with Crippen LogP contribution in [0.5, 0.6) is 5.88 Å². The maximum atomic E-state index is 5.58. The first-order valence-corrected chi connectivity index (χ1v) is 5.70. The molecule has 1 aromatic rings. The highest BCUT2D eigenvalue weighted by molar-refractivity contribution is 5.36. The third-order valence-electron chi connectivity index (χ3n) is 2.10. The molecule has 0 aliphatic heterocycles. The average molecular weight is 223 g/mol. The first kappa shape index (κ1) is 12.7. The van der Waals surface area contributed by atoms with E-state index in [2.05, 4.69) is 36.1 Å². The number of hydrogen-bond acceptors (Lipinski definition) is 4. The highest BCUT2D eigenvalue weighted by Gasteiger charge is 2.10. The van der Waals surface area contributed by atoms with Crippen LogP contribution in [0.2, 0.25) is 0 Å². The van der Waals surface area contributed by atoms with Gasteiger partial charge in [0, 0.05) is 12.6 Å². The lowest BCUT2D eigenvalue weighted by molar-refractivity contribution is 0.236. The van der Waals surface area contributed by atoms with Gasteiger partial charge in [-0.15, -0.1) is 0 Å². The smallest absolute Gasteiger partial charge is 0.218 e. The van der Waals surface area contributed by atoms with Gasteiger partial charge < -0.3 is 10.1 Å². The molecule has 1 rings (SSSR count). The second kappa shape index (κ2) is 5.68.